The highest BCUT2D eigenvalue weighted by molar-refractivity contribution is 6.31. The minimum atomic E-state index is -0.480. The maximum atomic E-state index is 12.0. The fourth-order valence-corrected chi connectivity index (χ4v) is 1.66. The van der Waals surface area contributed by atoms with Crippen molar-refractivity contribution in [3.8, 4) is 0 Å². The Morgan fingerprint density at radius 2 is 1.90 bits per heavy atom. The molecule has 21 heavy (non-hydrogen) atoms. The first-order valence-electron chi connectivity index (χ1n) is 6.13. The minimum Gasteiger partial charge on any atom is -0.346 e. The van der Waals surface area contributed by atoms with Crippen LogP contribution in [0.1, 0.15) is 10.4 Å². The van der Waals surface area contributed by atoms with Crippen LogP contribution in [0.3, 0.4) is 0 Å². The second-order valence-corrected chi connectivity index (χ2v) is 4.85. The van der Waals surface area contributed by atoms with Crippen LogP contribution in [-0.2, 0) is 9.59 Å². The fraction of sp³-hybridized carbons (Fsp3) is 0.308. The Hall–Kier alpha value is -2.12. The van der Waals surface area contributed by atoms with Gasteiger partial charge in [0.25, 0.3) is 5.91 Å². The number of rotatable bonds is 5. The van der Waals surface area contributed by atoms with Gasteiger partial charge in [0.05, 0.1) is 24.3 Å². The maximum absolute atomic E-state index is 12.0. The van der Waals surface area contributed by atoms with Crippen molar-refractivity contribution in [2.75, 3.05) is 32.5 Å². The van der Waals surface area contributed by atoms with Crippen molar-refractivity contribution in [1.82, 2.24) is 10.2 Å². The first-order valence-corrected chi connectivity index (χ1v) is 6.50. The van der Waals surface area contributed by atoms with Crippen molar-refractivity contribution in [1.29, 1.82) is 0 Å². The number of amides is 3. The quantitative estimate of drug-likeness (QED) is 0.714. The number of carbonyl (C=O) groups excluding carboxylic acids is 3. The minimum absolute atomic E-state index is 0.200. The highest BCUT2D eigenvalue weighted by Crippen LogP contribution is 2.22. The largest absolute Gasteiger partial charge is 0.346 e. The summed E-state index contributed by atoms with van der Waals surface area (Å²) in [5.74, 6) is -1.19. The van der Waals surface area contributed by atoms with Crippen LogP contribution in [0.2, 0.25) is 5.02 Å². The molecule has 1 aromatic rings. The summed E-state index contributed by atoms with van der Waals surface area (Å²) in [4.78, 5) is 36.1. The molecule has 1 rings (SSSR count). The van der Waals surface area contributed by atoms with Crippen LogP contribution in [-0.4, -0.2) is 49.8 Å². The molecule has 114 valence electrons. The second kappa shape index (κ2) is 7.61. The van der Waals surface area contributed by atoms with E-state index in [1.165, 1.54) is 17.0 Å². The molecule has 0 aliphatic heterocycles. The van der Waals surface area contributed by atoms with E-state index in [-0.39, 0.29) is 24.7 Å². The van der Waals surface area contributed by atoms with E-state index < -0.39 is 11.8 Å². The van der Waals surface area contributed by atoms with E-state index in [1.807, 2.05) is 0 Å². The highest BCUT2D eigenvalue weighted by atomic mass is 35.5. The molecule has 0 saturated carbocycles. The number of halogens is 1. The summed E-state index contributed by atoms with van der Waals surface area (Å²) in [7, 11) is 3.20. The summed E-state index contributed by atoms with van der Waals surface area (Å²) in [5.41, 5.74) is 5.71. The molecular formula is C13H17ClN4O3. The lowest BCUT2D eigenvalue weighted by Gasteiger charge is -2.15. The van der Waals surface area contributed by atoms with E-state index in [2.05, 4.69) is 10.6 Å². The molecule has 0 saturated heterocycles. The molecule has 4 N–H and O–H groups in total. The average molecular weight is 313 g/mol. The number of hydrogen-bond acceptors (Lipinski definition) is 4. The number of hydrogen-bond donors (Lipinski definition) is 3. The van der Waals surface area contributed by atoms with Gasteiger partial charge in [0.2, 0.25) is 11.8 Å². The molecule has 0 fully saturated rings. The fourth-order valence-electron chi connectivity index (χ4n) is 1.49. The number of nitrogens with two attached hydrogens (primary N) is 1. The third-order valence-electron chi connectivity index (χ3n) is 2.52. The molecule has 7 nitrogen and oxygen atoms in total. The first-order chi connectivity index (χ1) is 9.85. The summed E-state index contributed by atoms with van der Waals surface area (Å²) in [6, 6.07) is 4.56. The lowest BCUT2D eigenvalue weighted by Crippen LogP contribution is -2.36. The molecule has 0 heterocycles. The van der Waals surface area contributed by atoms with Crippen molar-refractivity contribution in [3.05, 3.63) is 28.8 Å². The van der Waals surface area contributed by atoms with Crippen LogP contribution in [0.15, 0.2) is 18.2 Å². The predicted octanol–water partition coefficient (Wildman–Crippen LogP) is 0.0552. The van der Waals surface area contributed by atoms with E-state index in [1.54, 1.807) is 20.2 Å². The van der Waals surface area contributed by atoms with Crippen LogP contribution >= 0.6 is 11.6 Å². The van der Waals surface area contributed by atoms with Crippen LogP contribution in [0.4, 0.5) is 5.69 Å². The Bertz CT molecular complexity index is 560. The van der Waals surface area contributed by atoms with Gasteiger partial charge in [-0.1, -0.05) is 11.6 Å². The second-order valence-electron chi connectivity index (χ2n) is 4.42. The molecule has 0 atom stereocenters. The van der Waals surface area contributed by atoms with Crippen molar-refractivity contribution < 1.29 is 14.4 Å². The van der Waals surface area contributed by atoms with Crippen molar-refractivity contribution in [3.63, 3.8) is 0 Å². The normalized spacial score (nSPS) is 9.90. The molecule has 0 unspecified atom stereocenters. The van der Waals surface area contributed by atoms with Gasteiger partial charge >= 0.3 is 0 Å². The Kier molecular flexibility index (Phi) is 6.13. The molecule has 0 radical (unpaired) electrons. The van der Waals surface area contributed by atoms with E-state index in [0.717, 1.165) is 0 Å². The monoisotopic (exact) mass is 312 g/mol. The zero-order chi connectivity index (χ0) is 16.0. The standard InChI is InChI=1S/C13H17ClN4O3/c1-18(2)13(21)9-4-3-8(14)5-10(9)17-12(20)7-16-11(19)6-15/h3-5H,6-7,15H2,1-2H3,(H,16,19)(H,17,20). The Balaban J connectivity index is 2.86. The third-order valence-corrected chi connectivity index (χ3v) is 2.76. The van der Waals surface area contributed by atoms with Crippen LogP contribution in [0, 0.1) is 0 Å². The van der Waals surface area contributed by atoms with E-state index in [4.69, 9.17) is 17.3 Å². The number of benzene rings is 1. The van der Waals surface area contributed by atoms with Crippen molar-refractivity contribution >= 4 is 35.0 Å². The number of anilines is 1. The molecule has 0 bridgehead atoms. The highest BCUT2D eigenvalue weighted by Gasteiger charge is 2.15. The van der Waals surface area contributed by atoms with E-state index in [9.17, 15) is 14.4 Å². The number of carbonyl (C=O) groups is 3. The Morgan fingerprint density at radius 3 is 2.48 bits per heavy atom. The lowest BCUT2D eigenvalue weighted by atomic mass is 10.1. The average Bonchev–Trinajstić information content (AvgIpc) is 2.44. The summed E-state index contributed by atoms with van der Waals surface area (Å²) in [5, 5.41) is 5.26. The smallest absolute Gasteiger partial charge is 0.255 e. The van der Waals surface area contributed by atoms with Gasteiger partial charge in [-0.25, -0.2) is 0 Å². The summed E-state index contributed by atoms with van der Waals surface area (Å²) < 4.78 is 0. The molecule has 8 heteroatoms. The Labute approximate surface area is 127 Å². The summed E-state index contributed by atoms with van der Waals surface area (Å²) in [6.07, 6.45) is 0. The third kappa shape index (κ3) is 5.05. The first kappa shape index (κ1) is 16.9. The maximum Gasteiger partial charge on any atom is 0.255 e. The molecule has 0 spiro atoms. The molecule has 0 aliphatic rings. The van der Waals surface area contributed by atoms with Crippen LogP contribution < -0.4 is 16.4 Å². The van der Waals surface area contributed by atoms with Crippen LogP contribution in [0.25, 0.3) is 0 Å². The van der Waals surface area contributed by atoms with Gasteiger partial charge in [-0.05, 0) is 18.2 Å². The van der Waals surface area contributed by atoms with Gasteiger partial charge in [0, 0.05) is 19.1 Å². The van der Waals surface area contributed by atoms with Crippen LogP contribution in [0.5, 0.6) is 0 Å². The van der Waals surface area contributed by atoms with Crippen molar-refractivity contribution in [2.45, 2.75) is 0 Å². The molecule has 0 aromatic heterocycles. The van der Waals surface area contributed by atoms with E-state index in [0.29, 0.717) is 10.6 Å². The van der Waals surface area contributed by atoms with Gasteiger partial charge < -0.3 is 21.3 Å². The predicted molar refractivity (Wildman–Crippen MR) is 80.2 cm³/mol. The topological polar surface area (TPSA) is 105 Å². The number of nitrogens with zero attached hydrogens (tertiary/aromatic N) is 1. The summed E-state index contributed by atoms with van der Waals surface area (Å²) in [6.45, 7) is -0.438. The zero-order valence-corrected chi connectivity index (χ0v) is 12.5. The van der Waals surface area contributed by atoms with Gasteiger partial charge in [-0.15, -0.1) is 0 Å². The zero-order valence-electron chi connectivity index (χ0n) is 11.8. The van der Waals surface area contributed by atoms with E-state index >= 15 is 0 Å². The molecule has 1 aromatic carbocycles. The Morgan fingerprint density at radius 1 is 1.24 bits per heavy atom. The lowest BCUT2D eigenvalue weighted by molar-refractivity contribution is -0.123. The molecule has 0 aliphatic carbocycles. The summed E-state index contributed by atoms with van der Waals surface area (Å²) >= 11 is 5.87. The van der Waals surface area contributed by atoms with Crippen molar-refractivity contribution in [2.24, 2.45) is 5.73 Å². The van der Waals surface area contributed by atoms with Gasteiger partial charge in [0.1, 0.15) is 0 Å². The van der Waals surface area contributed by atoms with Gasteiger partial charge in [0.15, 0.2) is 0 Å². The van der Waals surface area contributed by atoms with Gasteiger partial charge in [-0.3, -0.25) is 14.4 Å². The number of nitrogens with one attached hydrogen (secondary N) is 2. The molecular weight excluding hydrogens is 296 g/mol. The van der Waals surface area contributed by atoms with Gasteiger partial charge in [-0.2, -0.15) is 0 Å². The molecule has 3 amide bonds. The SMILES string of the molecule is CN(C)C(=O)c1ccc(Cl)cc1NC(=O)CNC(=O)CN.